The van der Waals surface area contributed by atoms with Crippen molar-refractivity contribution in [2.45, 2.75) is 37.8 Å². The molecule has 23 heavy (non-hydrogen) atoms. The highest BCUT2D eigenvalue weighted by molar-refractivity contribution is 5.94. The number of hydrogen-bond donors (Lipinski definition) is 1. The van der Waals surface area contributed by atoms with E-state index in [0.717, 1.165) is 13.0 Å². The number of piperidine rings is 1. The van der Waals surface area contributed by atoms with E-state index in [2.05, 4.69) is 25.3 Å². The molecule has 0 radical (unpaired) electrons. The highest BCUT2D eigenvalue weighted by Gasteiger charge is 2.36. The fourth-order valence-corrected chi connectivity index (χ4v) is 3.68. The van der Waals surface area contributed by atoms with Crippen LogP contribution in [0, 0.1) is 0 Å². The van der Waals surface area contributed by atoms with Crippen molar-refractivity contribution in [2.24, 2.45) is 0 Å². The fourth-order valence-electron chi connectivity index (χ4n) is 3.68. The molecular weight excluding hydrogens is 292 g/mol. The zero-order valence-corrected chi connectivity index (χ0v) is 12.9. The summed E-state index contributed by atoms with van der Waals surface area (Å²) < 4.78 is 1.55. The van der Waals surface area contributed by atoms with Gasteiger partial charge in [0, 0.05) is 30.4 Å². The van der Waals surface area contributed by atoms with Crippen LogP contribution in [0.15, 0.2) is 31.0 Å². The van der Waals surface area contributed by atoms with Gasteiger partial charge in [-0.1, -0.05) is 6.42 Å². The van der Waals surface area contributed by atoms with Crippen molar-refractivity contribution in [1.29, 1.82) is 0 Å². The molecule has 7 nitrogen and oxygen atoms in total. The minimum Gasteiger partial charge on any atom is -0.348 e. The van der Waals surface area contributed by atoms with E-state index >= 15 is 0 Å². The van der Waals surface area contributed by atoms with E-state index < -0.39 is 0 Å². The second-order valence-corrected chi connectivity index (χ2v) is 6.21. The molecule has 0 aliphatic carbocycles. The predicted molar refractivity (Wildman–Crippen MR) is 84.2 cm³/mol. The third-order valence-electron chi connectivity index (χ3n) is 4.83. The number of rotatable bonds is 3. The van der Waals surface area contributed by atoms with Crippen molar-refractivity contribution in [3.63, 3.8) is 0 Å². The van der Waals surface area contributed by atoms with E-state index in [1.54, 1.807) is 29.3 Å². The first-order chi connectivity index (χ1) is 11.3. The molecule has 2 aliphatic rings. The van der Waals surface area contributed by atoms with E-state index in [9.17, 15) is 4.79 Å². The molecule has 4 heterocycles. The third kappa shape index (κ3) is 2.84. The highest BCUT2D eigenvalue weighted by atomic mass is 16.1. The van der Waals surface area contributed by atoms with Crippen LogP contribution in [0.3, 0.4) is 0 Å². The summed E-state index contributed by atoms with van der Waals surface area (Å²) in [7, 11) is 0. The van der Waals surface area contributed by atoms with Crippen LogP contribution in [-0.2, 0) is 0 Å². The van der Waals surface area contributed by atoms with Crippen LogP contribution >= 0.6 is 0 Å². The van der Waals surface area contributed by atoms with Crippen LogP contribution in [0.1, 0.15) is 36.0 Å². The molecule has 2 fully saturated rings. The lowest BCUT2D eigenvalue weighted by atomic mass is 9.99. The molecule has 120 valence electrons. The smallest absolute Gasteiger partial charge is 0.251 e. The topological polar surface area (TPSA) is 75.9 Å². The number of carbonyl (C=O) groups excluding carboxylic acids is 1. The number of nitrogens with one attached hydrogen (secondary N) is 1. The normalized spacial score (nSPS) is 24.3. The SMILES string of the molecule is O=C(N[C@@H]1CCN2CCCC[C@H]12)c1ccnc(-n2cncn2)c1. The van der Waals surface area contributed by atoms with E-state index in [4.69, 9.17) is 0 Å². The van der Waals surface area contributed by atoms with Crippen molar-refractivity contribution >= 4 is 5.91 Å². The second kappa shape index (κ2) is 6.08. The molecule has 2 aliphatic heterocycles. The van der Waals surface area contributed by atoms with E-state index in [0.29, 0.717) is 17.4 Å². The molecule has 0 aromatic carbocycles. The lowest BCUT2D eigenvalue weighted by Gasteiger charge is -2.32. The molecule has 0 bridgehead atoms. The Hall–Kier alpha value is -2.28. The summed E-state index contributed by atoms with van der Waals surface area (Å²) in [5, 5.41) is 7.26. The number of carbonyl (C=O) groups is 1. The van der Waals surface area contributed by atoms with E-state index in [1.165, 1.54) is 32.1 Å². The molecule has 7 heteroatoms. The average molecular weight is 312 g/mol. The predicted octanol–water partition coefficient (Wildman–Crippen LogP) is 1.02. The van der Waals surface area contributed by atoms with Crippen molar-refractivity contribution in [3.05, 3.63) is 36.5 Å². The van der Waals surface area contributed by atoms with Gasteiger partial charge in [-0.05, 0) is 37.9 Å². The first kappa shape index (κ1) is 14.3. The van der Waals surface area contributed by atoms with E-state index in [1.807, 2.05) is 0 Å². The van der Waals surface area contributed by atoms with Crippen LogP contribution in [0.2, 0.25) is 0 Å². The summed E-state index contributed by atoms with van der Waals surface area (Å²) in [6, 6.07) is 4.25. The summed E-state index contributed by atoms with van der Waals surface area (Å²) in [5.41, 5.74) is 0.611. The van der Waals surface area contributed by atoms with Gasteiger partial charge in [0.05, 0.1) is 0 Å². The lowest BCUT2D eigenvalue weighted by Crippen LogP contribution is -2.46. The summed E-state index contributed by atoms with van der Waals surface area (Å²) in [6.07, 6.45) is 9.42. The van der Waals surface area contributed by atoms with Gasteiger partial charge in [-0.3, -0.25) is 9.69 Å². The molecule has 2 saturated heterocycles. The molecule has 0 spiro atoms. The minimum absolute atomic E-state index is 0.0359. The Balaban J connectivity index is 1.48. The number of pyridine rings is 1. The standard InChI is InChI=1S/C16H20N6O/c23-16(20-13-5-8-21-7-2-1-3-14(13)21)12-4-6-18-15(9-12)22-11-17-10-19-22/h4,6,9-11,13-14H,1-3,5,7-8H2,(H,20,23)/t13-,14-/m1/s1. The monoisotopic (exact) mass is 312 g/mol. The highest BCUT2D eigenvalue weighted by Crippen LogP contribution is 2.27. The molecule has 0 saturated carbocycles. The molecule has 4 rings (SSSR count). The largest absolute Gasteiger partial charge is 0.348 e. The summed E-state index contributed by atoms with van der Waals surface area (Å²) >= 11 is 0. The van der Waals surface area contributed by atoms with Crippen molar-refractivity contribution in [1.82, 2.24) is 30.0 Å². The van der Waals surface area contributed by atoms with Gasteiger partial charge in [0.25, 0.3) is 5.91 Å². The summed E-state index contributed by atoms with van der Waals surface area (Å²) in [5.74, 6) is 0.562. The van der Waals surface area contributed by atoms with Gasteiger partial charge >= 0.3 is 0 Å². The Bertz CT molecular complexity index is 686. The maximum absolute atomic E-state index is 12.6. The summed E-state index contributed by atoms with van der Waals surface area (Å²) in [4.78, 5) is 23.3. The molecule has 0 unspecified atom stereocenters. The summed E-state index contributed by atoms with van der Waals surface area (Å²) in [6.45, 7) is 2.26. The van der Waals surface area contributed by atoms with Crippen LogP contribution in [-0.4, -0.2) is 55.7 Å². The Labute approximate surface area is 134 Å². The zero-order valence-electron chi connectivity index (χ0n) is 12.9. The van der Waals surface area contributed by atoms with Crippen molar-refractivity contribution in [2.75, 3.05) is 13.1 Å². The maximum Gasteiger partial charge on any atom is 0.251 e. The number of amides is 1. The van der Waals surface area contributed by atoms with E-state index in [-0.39, 0.29) is 11.9 Å². The van der Waals surface area contributed by atoms with Gasteiger partial charge in [0.2, 0.25) is 0 Å². The first-order valence-electron chi connectivity index (χ1n) is 8.17. The Morgan fingerprint density at radius 3 is 3.09 bits per heavy atom. The molecule has 2 aromatic rings. The van der Waals surface area contributed by atoms with Crippen molar-refractivity contribution < 1.29 is 4.79 Å². The Morgan fingerprint density at radius 2 is 2.22 bits per heavy atom. The molecule has 1 N–H and O–H groups in total. The molecule has 2 atom stereocenters. The zero-order chi connectivity index (χ0) is 15.6. The van der Waals surface area contributed by atoms with Crippen molar-refractivity contribution in [3.8, 4) is 5.82 Å². The van der Waals surface area contributed by atoms with Gasteiger partial charge in [0.1, 0.15) is 12.7 Å². The fraction of sp³-hybridized carbons (Fsp3) is 0.500. The Kier molecular flexibility index (Phi) is 3.78. The van der Waals surface area contributed by atoms with Crippen LogP contribution in [0.4, 0.5) is 0 Å². The van der Waals surface area contributed by atoms with Crippen LogP contribution < -0.4 is 5.32 Å². The van der Waals surface area contributed by atoms with Gasteiger partial charge in [-0.2, -0.15) is 5.10 Å². The van der Waals surface area contributed by atoms with Gasteiger partial charge in [-0.15, -0.1) is 0 Å². The van der Waals surface area contributed by atoms with Gasteiger partial charge in [0.15, 0.2) is 5.82 Å². The van der Waals surface area contributed by atoms with Crippen LogP contribution in [0.5, 0.6) is 0 Å². The number of nitrogens with zero attached hydrogens (tertiary/aromatic N) is 5. The third-order valence-corrected chi connectivity index (χ3v) is 4.83. The minimum atomic E-state index is -0.0359. The molecule has 2 aromatic heterocycles. The first-order valence-corrected chi connectivity index (χ1v) is 8.17. The number of fused-ring (bicyclic) bond motifs is 1. The maximum atomic E-state index is 12.6. The Morgan fingerprint density at radius 1 is 1.26 bits per heavy atom. The molecule has 1 amide bonds. The number of hydrogen-bond acceptors (Lipinski definition) is 5. The van der Waals surface area contributed by atoms with Gasteiger partial charge < -0.3 is 5.32 Å². The average Bonchev–Trinajstić information content (AvgIpc) is 3.25. The number of aromatic nitrogens is 4. The quantitative estimate of drug-likeness (QED) is 0.916. The lowest BCUT2D eigenvalue weighted by molar-refractivity contribution is 0.0915. The second-order valence-electron chi connectivity index (χ2n) is 6.21. The van der Waals surface area contributed by atoms with Gasteiger partial charge in [-0.25, -0.2) is 14.6 Å². The molecular formula is C16H20N6O. The van der Waals surface area contributed by atoms with Crippen LogP contribution in [0.25, 0.3) is 5.82 Å².